The largest absolute Gasteiger partial charge is 0.507 e. The Balaban J connectivity index is 1.87. The standard InChI is InChI=1S/C26H19ClF3NO4/c1-35-20-11-10-18(27)13-19(20)23(32)21-22(16-7-3-2-4-8-16)31(25(34)24(21)33)14-15-6-5-9-17(12-15)26(28,29)30/h2-13,22,32H,14H2,1H3/b23-21+. The van der Waals surface area contributed by atoms with Crippen molar-refractivity contribution >= 4 is 29.1 Å². The van der Waals surface area contributed by atoms with Gasteiger partial charge in [-0.15, -0.1) is 0 Å². The predicted octanol–water partition coefficient (Wildman–Crippen LogP) is 5.99. The van der Waals surface area contributed by atoms with Crippen LogP contribution in [0.5, 0.6) is 5.75 Å². The summed E-state index contributed by atoms with van der Waals surface area (Å²) in [6, 6.07) is 16.4. The predicted molar refractivity (Wildman–Crippen MR) is 124 cm³/mol. The summed E-state index contributed by atoms with van der Waals surface area (Å²) in [5.74, 6) is -2.19. The molecule has 0 aromatic heterocycles. The van der Waals surface area contributed by atoms with Crippen molar-refractivity contribution in [2.75, 3.05) is 7.11 Å². The van der Waals surface area contributed by atoms with Crippen LogP contribution < -0.4 is 4.74 Å². The van der Waals surface area contributed by atoms with Gasteiger partial charge in [0.25, 0.3) is 11.7 Å². The smallest absolute Gasteiger partial charge is 0.416 e. The molecule has 3 aromatic rings. The van der Waals surface area contributed by atoms with Crippen molar-refractivity contribution < 1.29 is 32.6 Å². The molecule has 1 N–H and O–H groups in total. The lowest BCUT2D eigenvalue weighted by atomic mass is 9.95. The number of hydrogen-bond donors (Lipinski definition) is 1. The molecule has 3 aromatic carbocycles. The first-order valence-electron chi connectivity index (χ1n) is 10.4. The molecule has 0 saturated carbocycles. The molecule has 5 nitrogen and oxygen atoms in total. The molecule has 1 aliphatic rings. The number of nitrogens with zero attached hydrogens (tertiary/aromatic N) is 1. The molecule has 180 valence electrons. The molecule has 0 spiro atoms. The lowest BCUT2D eigenvalue weighted by Gasteiger charge is -2.26. The minimum absolute atomic E-state index is 0.109. The summed E-state index contributed by atoms with van der Waals surface area (Å²) in [6.45, 7) is -0.280. The van der Waals surface area contributed by atoms with E-state index in [-0.39, 0.29) is 34.0 Å². The number of benzene rings is 3. The van der Waals surface area contributed by atoms with Gasteiger partial charge >= 0.3 is 6.18 Å². The summed E-state index contributed by atoms with van der Waals surface area (Å²) in [5.41, 5.74) is -0.289. The quantitative estimate of drug-likeness (QED) is 0.265. The fourth-order valence-electron chi connectivity index (χ4n) is 4.08. The van der Waals surface area contributed by atoms with Crippen LogP contribution in [0.25, 0.3) is 5.76 Å². The van der Waals surface area contributed by atoms with Crippen LogP contribution in [0.4, 0.5) is 13.2 Å². The number of amides is 1. The van der Waals surface area contributed by atoms with Crippen LogP contribution >= 0.6 is 11.6 Å². The van der Waals surface area contributed by atoms with Crippen LogP contribution in [0.2, 0.25) is 5.02 Å². The number of Topliss-reactive ketones (excluding diaryl/α,β-unsaturated/α-hetero) is 1. The van der Waals surface area contributed by atoms with E-state index in [1.165, 1.54) is 37.4 Å². The van der Waals surface area contributed by atoms with Crippen LogP contribution in [-0.2, 0) is 22.3 Å². The first-order chi connectivity index (χ1) is 16.6. The number of aliphatic hydroxyl groups is 1. The highest BCUT2D eigenvalue weighted by atomic mass is 35.5. The Hall–Kier alpha value is -3.78. The van der Waals surface area contributed by atoms with Crippen LogP contribution in [0.15, 0.2) is 78.4 Å². The van der Waals surface area contributed by atoms with E-state index in [2.05, 4.69) is 0 Å². The number of carbonyl (C=O) groups is 2. The Morgan fingerprint density at radius 3 is 2.40 bits per heavy atom. The Labute approximate surface area is 204 Å². The number of alkyl halides is 3. The maximum atomic E-state index is 13.2. The van der Waals surface area contributed by atoms with Gasteiger partial charge in [-0.3, -0.25) is 9.59 Å². The number of ether oxygens (including phenoxy) is 1. The van der Waals surface area contributed by atoms with Crippen LogP contribution in [0, 0.1) is 0 Å². The molecule has 9 heteroatoms. The molecule has 4 rings (SSSR count). The second kappa shape index (κ2) is 9.46. The third-order valence-electron chi connectivity index (χ3n) is 5.68. The fraction of sp³-hybridized carbons (Fsp3) is 0.154. The summed E-state index contributed by atoms with van der Waals surface area (Å²) in [7, 11) is 1.38. The number of aliphatic hydroxyl groups excluding tert-OH is 1. The van der Waals surface area contributed by atoms with Gasteiger partial charge in [0.15, 0.2) is 0 Å². The Bertz CT molecular complexity index is 1320. The molecule has 1 aliphatic heterocycles. The molecule has 1 atom stereocenters. The third kappa shape index (κ3) is 4.74. The second-order valence-electron chi connectivity index (χ2n) is 7.88. The van der Waals surface area contributed by atoms with Gasteiger partial charge in [0.2, 0.25) is 0 Å². The van der Waals surface area contributed by atoms with Crippen molar-refractivity contribution in [2.24, 2.45) is 0 Å². The number of hydrogen-bond acceptors (Lipinski definition) is 4. The maximum absolute atomic E-state index is 13.2. The summed E-state index contributed by atoms with van der Waals surface area (Å²) >= 11 is 6.09. The Kier molecular flexibility index (Phi) is 6.58. The van der Waals surface area contributed by atoms with Crippen molar-refractivity contribution in [2.45, 2.75) is 18.8 Å². The fourth-order valence-corrected chi connectivity index (χ4v) is 4.25. The normalized spacial score (nSPS) is 17.6. The zero-order valence-electron chi connectivity index (χ0n) is 18.3. The molecular weight excluding hydrogens is 483 g/mol. The average Bonchev–Trinajstić information content (AvgIpc) is 3.08. The van der Waals surface area contributed by atoms with Crippen LogP contribution in [0.1, 0.15) is 28.3 Å². The molecular formula is C26H19ClF3NO4. The van der Waals surface area contributed by atoms with Gasteiger partial charge in [0.05, 0.1) is 29.9 Å². The molecule has 0 aliphatic carbocycles. The number of rotatable bonds is 5. The number of carbonyl (C=O) groups excluding carboxylic acids is 2. The zero-order valence-corrected chi connectivity index (χ0v) is 19.1. The van der Waals surface area contributed by atoms with E-state index in [4.69, 9.17) is 16.3 Å². The summed E-state index contributed by atoms with van der Waals surface area (Å²) in [5, 5.41) is 11.5. The van der Waals surface area contributed by atoms with Gasteiger partial charge in [-0.05, 0) is 41.5 Å². The van der Waals surface area contributed by atoms with E-state index in [9.17, 15) is 27.9 Å². The molecule has 35 heavy (non-hydrogen) atoms. The first kappa shape index (κ1) is 24.3. The van der Waals surface area contributed by atoms with Gasteiger partial charge in [-0.2, -0.15) is 13.2 Å². The Morgan fingerprint density at radius 2 is 1.74 bits per heavy atom. The number of ketones is 1. The van der Waals surface area contributed by atoms with E-state index in [0.29, 0.717) is 5.56 Å². The van der Waals surface area contributed by atoms with Gasteiger partial charge in [0, 0.05) is 11.6 Å². The van der Waals surface area contributed by atoms with Crippen molar-refractivity contribution in [3.63, 3.8) is 0 Å². The van der Waals surface area contributed by atoms with Crippen molar-refractivity contribution in [3.05, 3.63) is 106 Å². The highest BCUT2D eigenvalue weighted by Gasteiger charge is 2.46. The molecule has 1 amide bonds. The van der Waals surface area contributed by atoms with E-state index >= 15 is 0 Å². The molecule has 1 fully saturated rings. The minimum atomic E-state index is -4.56. The molecule has 1 saturated heterocycles. The van der Waals surface area contributed by atoms with E-state index in [0.717, 1.165) is 17.0 Å². The van der Waals surface area contributed by atoms with Gasteiger partial charge in [-0.25, -0.2) is 0 Å². The van der Waals surface area contributed by atoms with E-state index < -0.39 is 35.2 Å². The summed E-state index contributed by atoms with van der Waals surface area (Å²) in [4.78, 5) is 27.4. The van der Waals surface area contributed by atoms with Crippen molar-refractivity contribution in [1.29, 1.82) is 0 Å². The van der Waals surface area contributed by atoms with Gasteiger partial charge in [0.1, 0.15) is 11.5 Å². The van der Waals surface area contributed by atoms with Crippen molar-refractivity contribution in [1.82, 2.24) is 4.90 Å². The molecule has 0 bridgehead atoms. The second-order valence-corrected chi connectivity index (χ2v) is 8.32. The van der Waals surface area contributed by atoms with E-state index in [1.807, 2.05) is 0 Å². The van der Waals surface area contributed by atoms with Crippen molar-refractivity contribution in [3.8, 4) is 5.75 Å². The molecule has 0 radical (unpaired) electrons. The van der Waals surface area contributed by atoms with Gasteiger partial charge in [-0.1, -0.05) is 54.1 Å². The highest BCUT2D eigenvalue weighted by Crippen LogP contribution is 2.42. The van der Waals surface area contributed by atoms with Gasteiger partial charge < -0.3 is 14.7 Å². The topological polar surface area (TPSA) is 66.8 Å². The average molecular weight is 502 g/mol. The van der Waals surface area contributed by atoms with E-state index in [1.54, 1.807) is 30.3 Å². The first-order valence-corrected chi connectivity index (χ1v) is 10.8. The Morgan fingerprint density at radius 1 is 1.03 bits per heavy atom. The third-order valence-corrected chi connectivity index (χ3v) is 5.91. The van der Waals surface area contributed by atoms with Crippen LogP contribution in [0.3, 0.4) is 0 Å². The van der Waals surface area contributed by atoms with Crippen LogP contribution in [-0.4, -0.2) is 28.8 Å². The lowest BCUT2D eigenvalue weighted by molar-refractivity contribution is -0.140. The SMILES string of the molecule is COc1ccc(Cl)cc1/C(O)=C1\C(=O)C(=O)N(Cc2cccc(C(F)(F)F)c2)C1c1ccccc1. The number of halogens is 4. The summed E-state index contributed by atoms with van der Waals surface area (Å²) < 4.78 is 45.0. The molecule has 1 unspecified atom stereocenters. The zero-order chi connectivity index (χ0) is 25.3. The minimum Gasteiger partial charge on any atom is -0.507 e. The number of likely N-dealkylation sites (tertiary alicyclic amines) is 1. The lowest BCUT2D eigenvalue weighted by Crippen LogP contribution is -2.29. The number of methoxy groups -OCH3 is 1. The summed E-state index contributed by atoms with van der Waals surface area (Å²) in [6.07, 6.45) is -4.56. The highest BCUT2D eigenvalue weighted by molar-refractivity contribution is 6.46. The molecule has 1 heterocycles. The maximum Gasteiger partial charge on any atom is 0.416 e. The monoisotopic (exact) mass is 501 g/mol.